The summed E-state index contributed by atoms with van der Waals surface area (Å²) in [5, 5.41) is 3.33. The molecular formula is C12H21NO2. The van der Waals surface area contributed by atoms with E-state index < -0.39 is 0 Å². The summed E-state index contributed by atoms with van der Waals surface area (Å²) in [5.74, 6) is -0.0556. The van der Waals surface area contributed by atoms with Gasteiger partial charge in [0.1, 0.15) is 6.04 Å². The number of hydrogen-bond acceptors (Lipinski definition) is 3. The fraction of sp³-hybridized carbons (Fsp3) is 0.917. The molecule has 1 saturated heterocycles. The van der Waals surface area contributed by atoms with Crippen LogP contribution in [-0.2, 0) is 9.53 Å². The van der Waals surface area contributed by atoms with Crippen molar-refractivity contribution in [2.24, 2.45) is 5.41 Å². The molecule has 0 aromatic rings. The molecule has 2 rings (SSSR count). The molecule has 0 radical (unpaired) electrons. The Kier molecular flexibility index (Phi) is 3.29. The van der Waals surface area contributed by atoms with E-state index in [1.165, 1.54) is 32.1 Å². The van der Waals surface area contributed by atoms with Gasteiger partial charge in [-0.15, -0.1) is 0 Å². The zero-order chi connectivity index (χ0) is 10.7. The zero-order valence-electron chi connectivity index (χ0n) is 9.55. The Labute approximate surface area is 91.6 Å². The molecule has 1 aliphatic heterocycles. The smallest absolute Gasteiger partial charge is 0.323 e. The molecule has 1 atom stereocenters. The van der Waals surface area contributed by atoms with Gasteiger partial charge in [0.25, 0.3) is 0 Å². The molecule has 0 amide bonds. The number of carbonyl (C=O) groups is 1. The average Bonchev–Trinajstić information content (AvgIpc) is 2.64. The summed E-state index contributed by atoms with van der Waals surface area (Å²) < 4.78 is 5.06. The highest BCUT2D eigenvalue weighted by atomic mass is 16.5. The second kappa shape index (κ2) is 4.52. The van der Waals surface area contributed by atoms with Gasteiger partial charge in [-0.25, -0.2) is 0 Å². The van der Waals surface area contributed by atoms with E-state index in [-0.39, 0.29) is 12.0 Å². The van der Waals surface area contributed by atoms with Crippen molar-refractivity contribution in [3.63, 3.8) is 0 Å². The largest absolute Gasteiger partial charge is 0.465 e. The summed E-state index contributed by atoms with van der Waals surface area (Å²) in [6.07, 6.45) is 7.60. The fourth-order valence-corrected chi connectivity index (χ4v) is 3.01. The second-order valence-corrected chi connectivity index (χ2v) is 4.95. The van der Waals surface area contributed by atoms with E-state index in [2.05, 4.69) is 5.32 Å². The molecule has 2 fully saturated rings. The number of ether oxygens (including phenoxy) is 1. The molecule has 1 spiro atoms. The lowest BCUT2D eigenvalue weighted by molar-refractivity contribution is -0.145. The van der Waals surface area contributed by atoms with Gasteiger partial charge < -0.3 is 10.1 Å². The van der Waals surface area contributed by atoms with E-state index in [9.17, 15) is 4.79 Å². The van der Waals surface area contributed by atoms with Crippen LogP contribution in [0.25, 0.3) is 0 Å². The highest BCUT2D eigenvalue weighted by Gasteiger charge is 2.42. The van der Waals surface area contributed by atoms with Crippen LogP contribution in [0, 0.1) is 5.41 Å². The minimum atomic E-state index is -0.0556. The van der Waals surface area contributed by atoms with E-state index in [0.717, 1.165) is 13.0 Å². The molecule has 1 saturated carbocycles. The summed E-state index contributed by atoms with van der Waals surface area (Å²) >= 11 is 0. The van der Waals surface area contributed by atoms with E-state index >= 15 is 0 Å². The van der Waals surface area contributed by atoms with Crippen molar-refractivity contribution in [3.8, 4) is 0 Å². The monoisotopic (exact) mass is 211 g/mol. The molecule has 1 heterocycles. The molecule has 0 bridgehead atoms. The van der Waals surface area contributed by atoms with Crippen LogP contribution < -0.4 is 5.32 Å². The van der Waals surface area contributed by atoms with E-state index in [0.29, 0.717) is 12.0 Å². The molecule has 1 unspecified atom stereocenters. The SMILES string of the molecule is CCOC(=O)C1CC2(CCCCC2)CN1. The minimum Gasteiger partial charge on any atom is -0.465 e. The molecular weight excluding hydrogens is 190 g/mol. The molecule has 1 aliphatic carbocycles. The van der Waals surface area contributed by atoms with Crippen molar-refractivity contribution in [2.75, 3.05) is 13.2 Å². The van der Waals surface area contributed by atoms with Gasteiger partial charge in [-0.1, -0.05) is 19.3 Å². The summed E-state index contributed by atoms with van der Waals surface area (Å²) in [7, 11) is 0. The lowest BCUT2D eigenvalue weighted by atomic mass is 9.73. The van der Waals surface area contributed by atoms with Gasteiger partial charge in [-0.05, 0) is 31.6 Å². The normalized spacial score (nSPS) is 29.3. The minimum absolute atomic E-state index is 0.0388. The standard InChI is InChI=1S/C12H21NO2/c1-2-15-11(14)10-8-12(9-13-10)6-4-3-5-7-12/h10,13H,2-9H2,1H3. The first-order chi connectivity index (χ1) is 7.26. The second-order valence-electron chi connectivity index (χ2n) is 4.95. The summed E-state index contributed by atoms with van der Waals surface area (Å²) in [6.45, 7) is 3.36. The molecule has 3 heteroatoms. The van der Waals surface area contributed by atoms with Gasteiger partial charge in [-0.3, -0.25) is 4.79 Å². The third-order valence-electron chi connectivity index (χ3n) is 3.85. The summed E-state index contributed by atoms with van der Waals surface area (Å²) in [5.41, 5.74) is 0.412. The van der Waals surface area contributed by atoms with Crippen molar-refractivity contribution in [1.82, 2.24) is 5.32 Å². The van der Waals surface area contributed by atoms with E-state index in [1.807, 2.05) is 6.92 Å². The molecule has 3 nitrogen and oxygen atoms in total. The fourth-order valence-electron chi connectivity index (χ4n) is 3.01. The predicted molar refractivity (Wildman–Crippen MR) is 58.6 cm³/mol. The lowest BCUT2D eigenvalue weighted by Crippen LogP contribution is -2.32. The Hall–Kier alpha value is -0.570. The summed E-state index contributed by atoms with van der Waals surface area (Å²) in [4.78, 5) is 11.6. The Balaban J connectivity index is 1.90. The van der Waals surface area contributed by atoms with Crippen LogP contribution in [0.1, 0.15) is 45.4 Å². The van der Waals surface area contributed by atoms with Crippen LogP contribution in [0.3, 0.4) is 0 Å². The topological polar surface area (TPSA) is 38.3 Å². The Morgan fingerprint density at radius 1 is 1.40 bits per heavy atom. The number of esters is 1. The number of carbonyl (C=O) groups excluding carboxylic acids is 1. The first-order valence-electron chi connectivity index (χ1n) is 6.16. The lowest BCUT2D eigenvalue weighted by Gasteiger charge is -2.32. The third-order valence-corrected chi connectivity index (χ3v) is 3.85. The molecule has 1 N–H and O–H groups in total. The maximum Gasteiger partial charge on any atom is 0.323 e. The average molecular weight is 211 g/mol. The quantitative estimate of drug-likeness (QED) is 0.709. The number of nitrogens with one attached hydrogen (secondary N) is 1. The molecule has 15 heavy (non-hydrogen) atoms. The van der Waals surface area contributed by atoms with Crippen LogP contribution in [0.5, 0.6) is 0 Å². The van der Waals surface area contributed by atoms with Gasteiger partial charge in [0.15, 0.2) is 0 Å². The van der Waals surface area contributed by atoms with Crippen LogP contribution >= 0.6 is 0 Å². The first-order valence-corrected chi connectivity index (χ1v) is 6.16. The van der Waals surface area contributed by atoms with Gasteiger partial charge in [0.05, 0.1) is 6.61 Å². The van der Waals surface area contributed by atoms with Gasteiger partial charge in [0.2, 0.25) is 0 Å². The van der Waals surface area contributed by atoms with Crippen LogP contribution in [-0.4, -0.2) is 25.2 Å². The molecule has 86 valence electrons. The van der Waals surface area contributed by atoms with E-state index in [4.69, 9.17) is 4.74 Å². The molecule has 0 aromatic heterocycles. The molecule has 0 aromatic carbocycles. The van der Waals surface area contributed by atoms with Crippen molar-refractivity contribution >= 4 is 5.97 Å². The highest BCUT2D eigenvalue weighted by Crippen LogP contribution is 2.42. The number of rotatable bonds is 2. The van der Waals surface area contributed by atoms with Crippen LogP contribution in [0.2, 0.25) is 0 Å². The Morgan fingerprint density at radius 3 is 2.80 bits per heavy atom. The first kappa shape index (κ1) is 10.9. The zero-order valence-corrected chi connectivity index (χ0v) is 9.55. The Bertz CT molecular complexity index is 234. The Morgan fingerprint density at radius 2 is 2.13 bits per heavy atom. The van der Waals surface area contributed by atoms with Gasteiger partial charge in [-0.2, -0.15) is 0 Å². The van der Waals surface area contributed by atoms with E-state index in [1.54, 1.807) is 0 Å². The van der Waals surface area contributed by atoms with Crippen LogP contribution in [0.4, 0.5) is 0 Å². The highest BCUT2D eigenvalue weighted by molar-refractivity contribution is 5.76. The van der Waals surface area contributed by atoms with Crippen molar-refractivity contribution in [2.45, 2.75) is 51.5 Å². The number of hydrogen-bond donors (Lipinski definition) is 1. The van der Waals surface area contributed by atoms with Crippen molar-refractivity contribution < 1.29 is 9.53 Å². The van der Waals surface area contributed by atoms with Crippen molar-refractivity contribution in [3.05, 3.63) is 0 Å². The molecule has 2 aliphatic rings. The maximum absolute atomic E-state index is 11.6. The van der Waals surface area contributed by atoms with Gasteiger partial charge >= 0.3 is 5.97 Å². The predicted octanol–water partition coefficient (Wildman–Crippen LogP) is 1.86. The maximum atomic E-state index is 11.6. The van der Waals surface area contributed by atoms with Gasteiger partial charge in [0, 0.05) is 6.54 Å². The van der Waals surface area contributed by atoms with Crippen LogP contribution in [0.15, 0.2) is 0 Å². The van der Waals surface area contributed by atoms with Crippen molar-refractivity contribution in [1.29, 1.82) is 0 Å². The third kappa shape index (κ3) is 2.33. The summed E-state index contributed by atoms with van der Waals surface area (Å²) in [6, 6.07) is -0.0388.